The van der Waals surface area contributed by atoms with E-state index < -0.39 is 11.6 Å². The number of aliphatic hydroxyl groups excluding tert-OH is 1. The summed E-state index contributed by atoms with van der Waals surface area (Å²) in [5, 5.41) is 12.5. The van der Waals surface area contributed by atoms with Gasteiger partial charge in [-0.15, -0.1) is 23.4 Å². The summed E-state index contributed by atoms with van der Waals surface area (Å²) >= 11 is 7.73. The number of para-hydroxylation sites is 1. The Hall–Kier alpha value is -0.420. The number of alkyl halides is 1. The lowest BCUT2D eigenvalue weighted by Gasteiger charge is -2.21. The van der Waals surface area contributed by atoms with Gasteiger partial charge in [-0.2, -0.15) is 0 Å². The van der Waals surface area contributed by atoms with Crippen molar-refractivity contribution in [3.8, 4) is 5.75 Å². The van der Waals surface area contributed by atoms with E-state index in [1.165, 1.54) is 0 Å². The molecule has 0 spiro atoms. The van der Waals surface area contributed by atoms with Gasteiger partial charge in [-0.3, -0.25) is 5.32 Å². The highest BCUT2D eigenvalue weighted by atomic mass is 35.5. The molecule has 1 heterocycles. The van der Waals surface area contributed by atoms with E-state index in [9.17, 15) is 5.11 Å². The molecule has 17 heavy (non-hydrogen) atoms. The Morgan fingerprint density at radius 1 is 1.53 bits per heavy atom. The SMILES string of the molecule is CC(O)C(Cl)NC1COc2ccccc2SC1. The molecule has 3 unspecified atom stereocenters. The number of ether oxygens (including phenoxy) is 1. The molecule has 0 amide bonds. The van der Waals surface area contributed by atoms with Crippen molar-refractivity contribution in [2.75, 3.05) is 12.4 Å². The number of aliphatic hydroxyl groups is 1. The van der Waals surface area contributed by atoms with Crippen molar-refractivity contribution in [3.05, 3.63) is 24.3 Å². The van der Waals surface area contributed by atoms with E-state index >= 15 is 0 Å². The van der Waals surface area contributed by atoms with Crippen LogP contribution in [0.15, 0.2) is 29.2 Å². The zero-order chi connectivity index (χ0) is 12.3. The third-order valence-electron chi connectivity index (χ3n) is 2.55. The van der Waals surface area contributed by atoms with Crippen molar-refractivity contribution < 1.29 is 9.84 Å². The fourth-order valence-electron chi connectivity index (χ4n) is 1.58. The van der Waals surface area contributed by atoms with Gasteiger partial charge in [0.25, 0.3) is 0 Å². The van der Waals surface area contributed by atoms with Crippen LogP contribution in [0, 0.1) is 0 Å². The van der Waals surface area contributed by atoms with Gasteiger partial charge in [0.15, 0.2) is 0 Å². The van der Waals surface area contributed by atoms with E-state index in [0.29, 0.717) is 6.61 Å². The molecule has 0 bridgehead atoms. The molecule has 0 aromatic heterocycles. The minimum Gasteiger partial charge on any atom is -0.491 e. The van der Waals surface area contributed by atoms with E-state index in [1.807, 2.05) is 18.2 Å². The van der Waals surface area contributed by atoms with Gasteiger partial charge in [0.1, 0.15) is 17.9 Å². The standard InChI is InChI=1S/C12H16ClNO2S/c1-8(15)12(13)14-9-6-16-10-4-2-3-5-11(10)17-7-9/h2-5,8-9,12,14-15H,6-7H2,1H3. The van der Waals surface area contributed by atoms with Crippen molar-refractivity contribution in [1.82, 2.24) is 5.32 Å². The number of rotatable bonds is 3. The summed E-state index contributed by atoms with van der Waals surface area (Å²) in [6.45, 7) is 2.24. The van der Waals surface area contributed by atoms with Crippen molar-refractivity contribution in [3.63, 3.8) is 0 Å². The molecule has 2 N–H and O–H groups in total. The van der Waals surface area contributed by atoms with Crippen LogP contribution in [0.25, 0.3) is 0 Å². The molecule has 1 aromatic rings. The van der Waals surface area contributed by atoms with Crippen LogP contribution in [0.1, 0.15) is 6.92 Å². The summed E-state index contributed by atoms with van der Waals surface area (Å²) in [5.74, 6) is 1.80. The average molecular weight is 274 g/mol. The first-order valence-corrected chi connectivity index (χ1v) is 7.02. The first kappa shape index (κ1) is 13.0. The maximum Gasteiger partial charge on any atom is 0.132 e. The predicted octanol–water partition coefficient (Wildman–Crippen LogP) is 2.08. The first-order chi connectivity index (χ1) is 8.16. The van der Waals surface area contributed by atoms with Crippen molar-refractivity contribution in [2.24, 2.45) is 0 Å². The monoisotopic (exact) mass is 273 g/mol. The highest BCUT2D eigenvalue weighted by Crippen LogP contribution is 2.32. The van der Waals surface area contributed by atoms with Crippen LogP contribution in [0.2, 0.25) is 0 Å². The quantitative estimate of drug-likeness (QED) is 0.654. The largest absolute Gasteiger partial charge is 0.491 e. The van der Waals surface area contributed by atoms with E-state index in [-0.39, 0.29) is 6.04 Å². The third-order valence-corrected chi connectivity index (χ3v) is 4.26. The fourth-order valence-corrected chi connectivity index (χ4v) is 2.77. The maximum atomic E-state index is 9.35. The minimum absolute atomic E-state index is 0.143. The molecule has 0 fully saturated rings. The molecule has 94 valence electrons. The summed E-state index contributed by atoms with van der Waals surface area (Å²) in [6.07, 6.45) is -0.577. The molecule has 0 radical (unpaired) electrons. The normalized spacial score (nSPS) is 23.1. The average Bonchev–Trinajstić information content (AvgIpc) is 2.52. The maximum absolute atomic E-state index is 9.35. The molecular weight excluding hydrogens is 258 g/mol. The lowest BCUT2D eigenvalue weighted by atomic mass is 10.3. The first-order valence-electron chi connectivity index (χ1n) is 5.59. The number of fused-ring (bicyclic) bond motifs is 1. The van der Waals surface area contributed by atoms with Crippen LogP contribution in [0.3, 0.4) is 0 Å². The molecule has 5 heteroatoms. The zero-order valence-electron chi connectivity index (χ0n) is 9.60. The number of thioether (sulfide) groups is 1. The fraction of sp³-hybridized carbons (Fsp3) is 0.500. The summed E-state index contributed by atoms with van der Waals surface area (Å²) in [4.78, 5) is 1.15. The van der Waals surface area contributed by atoms with Crippen molar-refractivity contribution >= 4 is 23.4 Å². The van der Waals surface area contributed by atoms with Crippen LogP contribution >= 0.6 is 23.4 Å². The predicted molar refractivity (Wildman–Crippen MR) is 70.9 cm³/mol. The zero-order valence-corrected chi connectivity index (χ0v) is 11.2. The summed E-state index contributed by atoms with van der Waals surface area (Å²) < 4.78 is 5.72. The van der Waals surface area contributed by atoms with Crippen LogP contribution in [0.5, 0.6) is 5.75 Å². The minimum atomic E-state index is -0.577. The molecule has 1 aromatic carbocycles. The van der Waals surface area contributed by atoms with E-state index in [0.717, 1.165) is 16.4 Å². The molecule has 3 atom stereocenters. The number of nitrogens with one attached hydrogen (secondary N) is 1. The number of benzene rings is 1. The molecule has 2 rings (SSSR count). The molecule has 3 nitrogen and oxygen atoms in total. The van der Waals surface area contributed by atoms with Crippen LogP contribution in [-0.2, 0) is 0 Å². The van der Waals surface area contributed by atoms with Crippen LogP contribution in [-0.4, -0.2) is 35.1 Å². The Morgan fingerprint density at radius 3 is 3.06 bits per heavy atom. The molecule has 1 aliphatic heterocycles. The van der Waals surface area contributed by atoms with Gasteiger partial charge in [-0.25, -0.2) is 0 Å². The smallest absolute Gasteiger partial charge is 0.132 e. The number of hydrogen-bond acceptors (Lipinski definition) is 4. The molecular formula is C12H16ClNO2S. The van der Waals surface area contributed by atoms with Crippen molar-refractivity contribution in [2.45, 2.75) is 29.5 Å². The molecule has 0 aliphatic carbocycles. The van der Waals surface area contributed by atoms with Crippen molar-refractivity contribution in [1.29, 1.82) is 0 Å². The Balaban J connectivity index is 1.95. The van der Waals surface area contributed by atoms with Crippen LogP contribution < -0.4 is 10.1 Å². The van der Waals surface area contributed by atoms with Gasteiger partial charge in [-0.05, 0) is 19.1 Å². The highest BCUT2D eigenvalue weighted by Gasteiger charge is 2.21. The Labute approximate surface area is 110 Å². The summed E-state index contributed by atoms with van der Waals surface area (Å²) in [7, 11) is 0. The van der Waals surface area contributed by atoms with Crippen LogP contribution in [0.4, 0.5) is 0 Å². The Kier molecular flexibility index (Phi) is 4.56. The lowest BCUT2D eigenvalue weighted by Crippen LogP contribution is -2.44. The second kappa shape index (κ2) is 5.96. The lowest BCUT2D eigenvalue weighted by molar-refractivity contribution is 0.164. The van der Waals surface area contributed by atoms with E-state index in [4.69, 9.17) is 16.3 Å². The molecule has 1 aliphatic rings. The van der Waals surface area contributed by atoms with Gasteiger partial charge in [0.05, 0.1) is 12.1 Å². The summed E-state index contributed by atoms with van der Waals surface area (Å²) in [6, 6.07) is 8.13. The topological polar surface area (TPSA) is 41.5 Å². The van der Waals surface area contributed by atoms with Gasteiger partial charge in [0.2, 0.25) is 0 Å². The second-order valence-corrected chi connectivity index (χ2v) is 5.61. The van der Waals surface area contributed by atoms with Gasteiger partial charge >= 0.3 is 0 Å². The number of hydrogen-bond donors (Lipinski definition) is 2. The molecule has 0 saturated heterocycles. The van der Waals surface area contributed by atoms with Gasteiger partial charge in [-0.1, -0.05) is 12.1 Å². The summed E-state index contributed by atoms with van der Waals surface area (Å²) in [5.41, 5.74) is -0.439. The van der Waals surface area contributed by atoms with E-state index in [2.05, 4.69) is 11.4 Å². The number of halogens is 1. The molecule has 0 saturated carbocycles. The highest BCUT2D eigenvalue weighted by molar-refractivity contribution is 7.99. The second-order valence-electron chi connectivity index (χ2n) is 4.07. The van der Waals surface area contributed by atoms with Gasteiger partial charge < -0.3 is 9.84 Å². The van der Waals surface area contributed by atoms with Gasteiger partial charge in [0, 0.05) is 10.6 Å². The Bertz CT molecular complexity index is 348. The Morgan fingerprint density at radius 2 is 2.29 bits per heavy atom. The third kappa shape index (κ3) is 3.52. The van der Waals surface area contributed by atoms with E-state index in [1.54, 1.807) is 18.7 Å².